The van der Waals surface area contributed by atoms with Crippen LogP contribution in [0.4, 0.5) is 0 Å². The molecule has 2 aliphatic rings. The van der Waals surface area contributed by atoms with E-state index in [1.54, 1.807) is 0 Å². The molecule has 2 aliphatic carbocycles. The second-order valence-electron chi connectivity index (χ2n) is 7.28. The summed E-state index contributed by atoms with van der Waals surface area (Å²) >= 11 is 0. The minimum absolute atomic E-state index is 0.433. The number of rotatable bonds is 3. The van der Waals surface area contributed by atoms with Crippen molar-refractivity contribution in [3.63, 3.8) is 0 Å². The fraction of sp³-hybridized carbons (Fsp3) is 1.00. The molecule has 0 aromatic carbocycles. The van der Waals surface area contributed by atoms with Crippen LogP contribution in [-0.4, -0.2) is 23.3 Å². The monoisotopic (exact) mass is 239 g/mol. The highest BCUT2D eigenvalue weighted by Gasteiger charge is 2.37. The summed E-state index contributed by atoms with van der Waals surface area (Å²) < 4.78 is 0. The Kier molecular flexibility index (Phi) is 3.84. The lowest BCUT2D eigenvalue weighted by Crippen LogP contribution is -2.48. The third-order valence-corrected chi connectivity index (χ3v) is 5.09. The molecule has 0 amide bonds. The van der Waals surface area contributed by atoms with Crippen LogP contribution in [0.3, 0.4) is 0 Å². The van der Waals surface area contributed by atoms with Gasteiger partial charge in [0, 0.05) is 12.6 Å². The first kappa shape index (κ1) is 13.4. The highest BCUT2D eigenvalue weighted by molar-refractivity contribution is 4.92. The lowest BCUT2D eigenvalue weighted by atomic mass is 9.71. The number of hydrogen-bond acceptors (Lipinski definition) is 2. The van der Waals surface area contributed by atoms with Crippen LogP contribution in [0.15, 0.2) is 0 Å². The summed E-state index contributed by atoms with van der Waals surface area (Å²) in [5.41, 5.74) is 0.00467. The SMILES string of the molecule is CC1CCCC1NCC1(O)CCC(C)(C)CC1. The van der Waals surface area contributed by atoms with Crippen LogP contribution < -0.4 is 5.32 Å². The van der Waals surface area contributed by atoms with Gasteiger partial charge in [-0.2, -0.15) is 0 Å². The molecule has 0 radical (unpaired) electrons. The summed E-state index contributed by atoms with van der Waals surface area (Å²) in [4.78, 5) is 0. The molecule has 0 heterocycles. The molecular formula is C15H29NO. The molecule has 2 rings (SSSR count). The molecule has 2 atom stereocenters. The van der Waals surface area contributed by atoms with Gasteiger partial charge in [0.1, 0.15) is 0 Å². The Labute approximate surface area is 106 Å². The van der Waals surface area contributed by atoms with Gasteiger partial charge in [0.05, 0.1) is 5.60 Å². The maximum absolute atomic E-state index is 10.6. The van der Waals surface area contributed by atoms with Crippen molar-refractivity contribution in [2.45, 2.75) is 77.4 Å². The van der Waals surface area contributed by atoms with Crippen molar-refractivity contribution in [3.8, 4) is 0 Å². The van der Waals surface area contributed by atoms with E-state index in [1.165, 1.54) is 19.3 Å². The maximum atomic E-state index is 10.6. The molecule has 0 saturated heterocycles. The average molecular weight is 239 g/mol. The molecule has 2 saturated carbocycles. The molecule has 0 aliphatic heterocycles. The van der Waals surface area contributed by atoms with Crippen LogP contribution in [-0.2, 0) is 0 Å². The standard InChI is InChI=1S/C15H29NO/c1-12-5-4-6-13(12)16-11-15(17)9-7-14(2,3)8-10-15/h12-13,16-17H,4-11H2,1-3H3. The third kappa shape index (κ3) is 3.45. The first-order valence-corrected chi connectivity index (χ1v) is 7.36. The lowest BCUT2D eigenvalue weighted by Gasteiger charge is -2.41. The summed E-state index contributed by atoms with van der Waals surface area (Å²) in [6, 6.07) is 0.647. The van der Waals surface area contributed by atoms with Crippen LogP contribution in [0.25, 0.3) is 0 Å². The van der Waals surface area contributed by atoms with Gasteiger partial charge < -0.3 is 10.4 Å². The zero-order valence-corrected chi connectivity index (χ0v) is 11.8. The zero-order valence-electron chi connectivity index (χ0n) is 11.8. The number of hydrogen-bond donors (Lipinski definition) is 2. The van der Waals surface area contributed by atoms with E-state index < -0.39 is 5.60 Å². The molecule has 2 nitrogen and oxygen atoms in total. The summed E-state index contributed by atoms with van der Waals surface area (Å²) in [7, 11) is 0. The van der Waals surface area contributed by atoms with E-state index in [9.17, 15) is 5.11 Å². The quantitative estimate of drug-likeness (QED) is 0.793. The third-order valence-electron chi connectivity index (χ3n) is 5.09. The minimum atomic E-state index is -0.433. The summed E-state index contributed by atoms with van der Waals surface area (Å²) in [6.07, 6.45) is 8.25. The topological polar surface area (TPSA) is 32.3 Å². The van der Waals surface area contributed by atoms with Crippen LogP contribution in [0.1, 0.15) is 65.7 Å². The molecular weight excluding hydrogens is 210 g/mol. The van der Waals surface area contributed by atoms with Crippen LogP contribution in [0, 0.1) is 11.3 Å². The van der Waals surface area contributed by atoms with E-state index >= 15 is 0 Å². The molecule has 2 N–H and O–H groups in total. The van der Waals surface area contributed by atoms with Gasteiger partial charge in [0.25, 0.3) is 0 Å². The summed E-state index contributed by atoms with van der Waals surface area (Å²) in [5.74, 6) is 0.790. The maximum Gasteiger partial charge on any atom is 0.0772 e. The fourth-order valence-electron chi connectivity index (χ4n) is 3.34. The Bertz CT molecular complexity index is 252. The second kappa shape index (κ2) is 4.89. The minimum Gasteiger partial charge on any atom is -0.389 e. The lowest BCUT2D eigenvalue weighted by molar-refractivity contribution is -0.0266. The predicted molar refractivity (Wildman–Crippen MR) is 72.0 cm³/mol. The van der Waals surface area contributed by atoms with E-state index in [-0.39, 0.29) is 0 Å². The molecule has 17 heavy (non-hydrogen) atoms. The summed E-state index contributed by atoms with van der Waals surface area (Å²) in [5, 5.41) is 14.2. The molecule has 100 valence electrons. The predicted octanol–water partition coefficient (Wildman–Crippen LogP) is 3.10. The molecule has 2 heteroatoms. The molecule has 2 fully saturated rings. The largest absolute Gasteiger partial charge is 0.389 e. The molecule has 0 bridgehead atoms. The van der Waals surface area contributed by atoms with Gasteiger partial charge in [-0.05, 0) is 49.9 Å². The van der Waals surface area contributed by atoms with E-state index in [1.807, 2.05) is 0 Å². The summed E-state index contributed by atoms with van der Waals surface area (Å²) in [6.45, 7) is 7.77. The Morgan fingerprint density at radius 3 is 2.29 bits per heavy atom. The Morgan fingerprint density at radius 2 is 1.76 bits per heavy atom. The first-order valence-electron chi connectivity index (χ1n) is 7.36. The van der Waals surface area contributed by atoms with E-state index in [0.717, 1.165) is 38.1 Å². The fourth-order valence-corrected chi connectivity index (χ4v) is 3.34. The Morgan fingerprint density at radius 1 is 1.12 bits per heavy atom. The molecule has 0 aromatic rings. The smallest absolute Gasteiger partial charge is 0.0772 e. The van der Waals surface area contributed by atoms with Crippen molar-refractivity contribution in [3.05, 3.63) is 0 Å². The van der Waals surface area contributed by atoms with Crippen molar-refractivity contribution < 1.29 is 5.11 Å². The van der Waals surface area contributed by atoms with Crippen molar-refractivity contribution in [2.75, 3.05) is 6.54 Å². The van der Waals surface area contributed by atoms with E-state index in [2.05, 4.69) is 26.1 Å². The number of aliphatic hydroxyl groups is 1. The highest BCUT2D eigenvalue weighted by atomic mass is 16.3. The van der Waals surface area contributed by atoms with Gasteiger partial charge >= 0.3 is 0 Å². The van der Waals surface area contributed by atoms with Crippen LogP contribution in [0.2, 0.25) is 0 Å². The van der Waals surface area contributed by atoms with Gasteiger partial charge in [0.15, 0.2) is 0 Å². The zero-order chi connectivity index (χ0) is 12.5. The van der Waals surface area contributed by atoms with Crippen molar-refractivity contribution >= 4 is 0 Å². The Balaban J connectivity index is 1.78. The van der Waals surface area contributed by atoms with Crippen molar-refractivity contribution in [1.29, 1.82) is 0 Å². The number of nitrogens with one attached hydrogen (secondary N) is 1. The average Bonchev–Trinajstić information content (AvgIpc) is 2.67. The van der Waals surface area contributed by atoms with Crippen molar-refractivity contribution in [1.82, 2.24) is 5.32 Å². The second-order valence-corrected chi connectivity index (χ2v) is 7.28. The van der Waals surface area contributed by atoms with Gasteiger partial charge in [-0.1, -0.05) is 27.2 Å². The van der Waals surface area contributed by atoms with Crippen LogP contribution >= 0.6 is 0 Å². The highest BCUT2D eigenvalue weighted by Crippen LogP contribution is 2.40. The van der Waals surface area contributed by atoms with E-state index in [4.69, 9.17) is 0 Å². The van der Waals surface area contributed by atoms with Gasteiger partial charge in [0.2, 0.25) is 0 Å². The van der Waals surface area contributed by atoms with Gasteiger partial charge in [-0.15, -0.1) is 0 Å². The first-order chi connectivity index (χ1) is 7.90. The van der Waals surface area contributed by atoms with Gasteiger partial charge in [-0.25, -0.2) is 0 Å². The normalized spacial score (nSPS) is 36.0. The van der Waals surface area contributed by atoms with E-state index in [0.29, 0.717) is 11.5 Å². The van der Waals surface area contributed by atoms with Gasteiger partial charge in [-0.3, -0.25) is 0 Å². The van der Waals surface area contributed by atoms with Crippen molar-refractivity contribution in [2.24, 2.45) is 11.3 Å². The van der Waals surface area contributed by atoms with Crippen LogP contribution in [0.5, 0.6) is 0 Å². The molecule has 2 unspecified atom stereocenters. The molecule has 0 aromatic heterocycles. The Hall–Kier alpha value is -0.0800. The molecule has 0 spiro atoms.